The second-order valence-electron chi connectivity index (χ2n) is 7.52. The maximum Gasteiger partial charge on any atom is 0.255 e. The Balaban J connectivity index is 1.69. The van der Waals surface area contributed by atoms with E-state index in [0.29, 0.717) is 17.1 Å². The number of benzene rings is 3. The van der Waals surface area contributed by atoms with E-state index in [1.165, 1.54) is 36.4 Å². The molecule has 0 aromatic heterocycles. The van der Waals surface area contributed by atoms with Crippen molar-refractivity contribution in [3.8, 4) is 5.75 Å². The molecule has 0 aliphatic carbocycles. The largest absolute Gasteiger partial charge is 0.496 e. The Kier molecular flexibility index (Phi) is 7.75. The predicted octanol–water partition coefficient (Wildman–Crippen LogP) is 4.96. The molecule has 9 heteroatoms. The zero-order valence-electron chi connectivity index (χ0n) is 18.8. The van der Waals surface area contributed by atoms with Gasteiger partial charge >= 0.3 is 0 Å². The zero-order valence-corrected chi connectivity index (χ0v) is 20.3. The van der Waals surface area contributed by atoms with E-state index in [9.17, 15) is 18.0 Å². The molecular weight excluding hydrogens is 476 g/mol. The first-order chi connectivity index (χ1) is 16.1. The van der Waals surface area contributed by atoms with Crippen LogP contribution in [0.25, 0.3) is 6.08 Å². The first kappa shape index (κ1) is 25.0. The Bertz CT molecular complexity index is 1380. The van der Waals surface area contributed by atoms with Crippen LogP contribution < -0.4 is 15.4 Å². The number of hydrogen-bond donors (Lipinski definition) is 2. The molecule has 0 unspecified atom stereocenters. The topological polar surface area (TPSA) is 102 Å². The van der Waals surface area contributed by atoms with E-state index in [1.54, 1.807) is 25.3 Å². The van der Waals surface area contributed by atoms with E-state index in [2.05, 4.69) is 10.6 Å². The Labute approximate surface area is 203 Å². The first-order valence-corrected chi connectivity index (χ1v) is 12.4. The summed E-state index contributed by atoms with van der Waals surface area (Å²) in [5.41, 5.74) is 2.73. The van der Waals surface area contributed by atoms with Crippen molar-refractivity contribution in [1.29, 1.82) is 0 Å². The van der Waals surface area contributed by atoms with Crippen LogP contribution in [-0.2, 0) is 14.6 Å². The summed E-state index contributed by atoms with van der Waals surface area (Å²) >= 11 is 6.28. The molecular formula is C25H23ClN2O5S. The third kappa shape index (κ3) is 6.46. The molecule has 3 aromatic carbocycles. The van der Waals surface area contributed by atoms with E-state index in [1.807, 2.05) is 25.1 Å². The van der Waals surface area contributed by atoms with Crippen LogP contribution in [0, 0.1) is 6.92 Å². The Morgan fingerprint density at radius 3 is 2.44 bits per heavy atom. The molecule has 176 valence electrons. The summed E-state index contributed by atoms with van der Waals surface area (Å²) < 4.78 is 28.7. The van der Waals surface area contributed by atoms with E-state index in [4.69, 9.17) is 16.3 Å². The van der Waals surface area contributed by atoms with E-state index in [0.717, 1.165) is 17.4 Å². The van der Waals surface area contributed by atoms with Gasteiger partial charge in [-0.05, 0) is 61.5 Å². The molecule has 0 fully saturated rings. The number of ether oxygens (including phenoxy) is 1. The number of halogens is 1. The summed E-state index contributed by atoms with van der Waals surface area (Å²) in [6.45, 7) is 1.95. The SMILES string of the molecule is COc1ccc(C)cc1/C=C/C(=O)Nc1ccc(NC(=O)c2cccc(S(C)(=O)=O)c2)c(Cl)c1. The normalized spacial score (nSPS) is 11.3. The van der Waals surface area contributed by atoms with Crippen LogP contribution in [-0.4, -0.2) is 33.6 Å². The second-order valence-corrected chi connectivity index (χ2v) is 9.94. The van der Waals surface area contributed by atoms with Gasteiger partial charge in [0.1, 0.15) is 5.75 Å². The fraction of sp³-hybridized carbons (Fsp3) is 0.120. The van der Waals surface area contributed by atoms with Gasteiger partial charge < -0.3 is 15.4 Å². The van der Waals surface area contributed by atoms with Gasteiger partial charge in [0, 0.05) is 29.1 Å². The Hall–Kier alpha value is -3.62. The minimum atomic E-state index is -3.44. The van der Waals surface area contributed by atoms with Gasteiger partial charge in [-0.15, -0.1) is 0 Å². The van der Waals surface area contributed by atoms with Crippen LogP contribution in [0.1, 0.15) is 21.5 Å². The van der Waals surface area contributed by atoms with Crippen molar-refractivity contribution < 1.29 is 22.7 Å². The van der Waals surface area contributed by atoms with Crippen LogP contribution in [0.15, 0.2) is 71.6 Å². The molecule has 34 heavy (non-hydrogen) atoms. The Morgan fingerprint density at radius 2 is 1.76 bits per heavy atom. The highest BCUT2D eigenvalue weighted by atomic mass is 35.5. The number of amides is 2. The fourth-order valence-corrected chi connectivity index (χ4v) is 3.98. The molecule has 3 aromatic rings. The molecule has 0 radical (unpaired) electrons. The summed E-state index contributed by atoms with van der Waals surface area (Å²) in [7, 11) is -1.88. The van der Waals surface area contributed by atoms with Crippen molar-refractivity contribution in [3.05, 3.63) is 88.5 Å². The number of aryl methyl sites for hydroxylation is 1. The van der Waals surface area contributed by atoms with Gasteiger partial charge in [0.2, 0.25) is 5.91 Å². The maximum atomic E-state index is 12.6. The maximum absolute atomic E-state index is 12.6. The van der Waals surface area contributed by atoms with Crippen LogP contribution in [0.5, 0.6) is 5.75 Å². The summed E-state index contributed by atoms with van der Waals surface area (Å²) in [6, 6.07) is 16.0. The summed E-state index contributed by atoms with van der Waals surface area (Å²) in [4.78, 5) is 24.9. The number of anilines is 2. The van der Waals surface area contributed by atoms with E-state index in [-0.39, 0.29) is 21.4 Å². The Morgan fingerprint density at radius 1 is 1.00 bits per heavy atom. The lowest BCUT2D eigenvalue weighted by Crippen LogP contribution is -2.13. The highest BCUT2D eigenvalue weighted by Gasteiger charge is 2.13. The second kappa shape index (κ2) is 10.5. The average molecular weight is 499 g/mol. The zero-order chi connectivity index (χ0) is 24.9. The summed E-state index contributed by atoms with van der Waals surface area (Å²) in [5, 5.41) is 5.56. The quantitative estimate of drug-likeness (QED) is 0.448. The number of nitrogens with one attached hydrogen (secondary N) is 2. The lowest BCUT2D eigenvalue weighted by Gasteiger charge is -2.10. The van der Waals surface area contributed by atoms with Gasteiger partial charge in [-0.25, -0.2) is 8.42 Å². The highest BCUT2D eigenvalue weighted by Crippen LogP contribution is 2.27. The molecule has 0 aliphatic rings. The number of methoxy groups -OCH3 is 1. The molecule has 2 amide bonds. The molecule has 0 heterocycles. The number of rotatable bonds is 7. The minimum absolute atomic E-state index is 0.0423. The lowest BCUT2D eigenvalue weighted by atomic mass is 10.1. The minimum Gasteiger partial charge on any atom is -0.496 e. The molecule has 3 rings (SSSR count). The first-order valence-electron chi connectivity index (χ1n) is 10.1. The van der Waals surface area contributed by atoms with Crippen LogP contribution in [0.3, 0.4) is 0 Å². The fourth-order valence-electron chi connectivity index (χ4n) is 3.09. The molecule has 0 spiro atoms. The summed E-state index contributed by atoms with van der Waals surface area (Å²) in [5.74, 6) is -0.229. The number of carbonyl (C=O) groups excluding carboxylic acids is 2. The number of carbonyl (C=O) groups is 2. The van der Waals surface area contributed by atoms with Gasteiger partial charge in [0.25, 0.3) is 5.91 Å². The molecule has 0 saturated carbocycles. The van der Waals surface area contributed by atoms with Crippen molar-refractivity contribution in [2.75, 3.05) is 24.0 Å². The van der Waals surface area contributed by atoms with Gasteiger partial charge in [-0.1, -0.05) is 29.3 Å². The van der Waals surface area contributed by atoms with Gasteiger partial charge in [0.05, 0.1) is 22.7 Å². The number of sulfone groups is 1. The smallest absolute Gasteiger partial charge is 0.255 e. The third-order valence-corrected chi connectivity index (χ3v) is 6.23. The van der Waals surface area contributed by atoms with Crippen LogP contribution in [0.4, 0.5) is 11.4 Å². The van der Waals surface area contributed by atoms with Gasteiger partial charge in [-0.2, -0.15) is 0 Å². The van der Waals surface area contributed by atoms with Crippen molar-refractivity contribution in [1.82, 2.24) is 0 Å². The molecule has 0 atom stereocenters. The van der Waals surface area contributed by atoms with Crippen molar-refractivity contribution in [2.45, 2.75) is 11.8 Å². The van der Waals surface area contributed by atoms with Crippen molar-refractivity contribution in [3.63, 3.8) is 0 Å². The standard InChI is InChI=1S/C25H23ClN2O5S/c1-16-7-11-23(33-2)17(13-16)8-12-24(29)27-19-9-10-22(21(26)15-19)28-25(30)18-5-4-6-20(14-18)34(3,31)32/h4-15H,1-3H3,(H,27,29)(H,28,30)/b12-8+. The monoisotopic (exact) mass is 498 g/mol. The van der Waals surface area contributed by atoms with E-state index < -0.39 is 15.7 Å². The van der Waals surface area contributed by atoms with E-state index >= 15 is 0 Å². The third-order valence-electron chi connectivity index (χ3n) is 4.81. The molecule has 0 saturated heterocycles. The van der Waals surface area contributed by atoms with Crippen molar-refractivity contribution in [2.24, 2.45) is 0 Å². The lowest BCUT2D eigenvalue weighted by molar-refractivity contribution is -0.111. The molecule has 7 nitrogen and oxygen atoms in total. The van der Waals surface area contributed by atoms with Gasteiger partial charge in [-0.3, -0.25) is 9.59 Å². The average Bonchev–Trinajstić information content (AvgIpc) is 2.79. The molecule has 0 bridgehead atoms. The molecule has 0 aliphatic heterocycles. The van der Waals surface area contributed by atoms with Crippen LogP contribution in [0.2, 0.25) is 5.02 Å². The van der Waals surface area contributed by atoms with Crippen molar-refractivity contribution >= 4 is 50.7 Å². The summed E-state index contributed by atoms with van der Waals surface area (Å²) in [6.07, 6.45) is 4.11. The number of hydrogen-bond acceptors (Lipinski definition) is 5. The van der Waals surface area contributed by atoms with Gasteiger partial charge in [0.15, 0.2) is 9.84 Å². The van der Waals surface area contributed by atoms with Crippen LogP contribution >= 0.6 is 11.6 Å². The predicted molar refractivity (Wildman–Crippen MR) is 134 cm³/mol. The highest BCUT2D eigenvalue weighted by molar-refractivity contribution is 7.90. The molecule has 2 N–H and O–H groups in total.